The van der Waals surface area contributed by atoms with Gasteiger partial charge in [0.15, 0.2) is 0 Å². The summed E-state index contributed by atoms with van der Waals surface area (Å²) in [5.41, 5.74) is 3.93. The van der Waals surface area contributed by atoms with E-state index in [1.54, 1.807) is 0 Å². The fourth-order valence-corrected chi connectivity index (χ4v) is 9.16. The van der Waals surface area contributed by atoms with Gasteiger partial charge in [0.25, 0.3) is 5.91 Å². The largest absolute Gasteiger partial charge is 0.490 e. The molecule has 2 aromatic carbocycles. The van der Waals surface area contributed by atoms with Crippen molar-refractivity contribution >= 4 is 44.2 Å². The first-order valence-electron chi connectivity index (χ1n) is 16.3. The standard InChI is InChI=1S/C37H47ClN2O3S2/c1-25-8-6-9-27(17-19-45(3,4)5)32-14-11-30(32)22-40-23-37(18-7-10-28-20-31(38)13-15-33(28)37)24-43-35-16-12-29(21-34(35)40)36(41)39-44(42)26(25)2/h6,9,12-13,15-16,20-21,25-27,30,32H,7-8,10-11,14,18,22-24H2,1-5H3,(H,39,41)/b9-6+/t25?,26?,27?,30?,32?,37-,44?/m0/s1. The monoisotopic (exact) mass is 666 g/mol. The molecule has 1 amide bonds. The van der Waals surface area contributed by atoms with Gasteiger partial charge in [-0.3, -0.25) is 9.52 Å². The summed E-state index contributed by atoms with van der Waals surface area (Å²) in [6, 6.07) is 12.0. The zero-order valence-electron chi connectivity index (χ0n) is 27.2. The number of carbonyl (C=O) groups is 1. The smallest absolute Gasteiger partial charge is 0.263 e. The van der Waals surface area contributed by atoms with Crippen LogP contribution in [0.15, 0.2) is 48.6 Å². The molecule has 45 heavy (non-hydrogen) atoms. The Morgan fingerprint density at radius 3 is 2.71 bits per heavy atom. The summed E-state index contributed by atoms with van der Waals surface area (Å²) in [6.07, 6.45) is 17.6. The number of halogens is 1. The van der Waals surface area contributed by atoms with Crippen LogP contribution < -0.4 is 14.4 Å². The molecule has 0 radical (unpaired) electrons. The number of nitrogens with zero attached hydrogens (tertiary/aromatic N) is 1. The minimum Gasteiger partial charge on any atom is -0.490 e. The van der Waals surface area contributed by atoms with Gasteiger partial charge in [0, 0.05) is 35.0 Å². The number of allylic oxidation sites excluding steroid dienone is 2. The minimum atomic E-state index is -1.51. The van der Waals surface area contributed by atoms with Crippen LogP contribution in [0.25, 0.3) is 0 Å². The zero-order valence-corrected chi connectivity index (χ0v) is 29.6. The summed E-state index contributed by atoms with van der Waals surface area (Å²) in [7, 11) is -2.46. The zero-order chi connectivity index (χ0) is 31.9. The first-order chi connectivity index (χ1) is 21.4. The van der Waals surface area contributed by atoms with E-state index in [2.05, 4.69) is 70.8 Å². The summed E-state index contributed by atoms with van der Waals surface area (Å²) in [5.74, 6) is 5.50. The van der Waals surface area contributed by atoms with E-state index in [1.165, 1.54) is 11.1 Å². The molecule has 2 bridgehead atoms. The molecule has 2 aromatic rings. The summed E-state index contributed by atoms with van der Waals surface area (Å²) in [4.78, 5) is 16.0. The second-order valence-corrected chi connectivity index (χ2v) is 20.3. The topological polar surface area (TPSA) is 58.6 Å². The number of fused-ring (bicyclic) bond motifs is 4. The number of amides is 1. The molecule has 242 valence electrons. The van der Waals surface area contributed by atoms with E-state index in [1.807, 2.05) is 31.2 Å². The number of carbonyl (C=O) groups excluding carboxylic acids is 1. The van der Waals surface area contributed by atoms with Crippen molar-refractivity contribution in [3.63, 3.8) is 0 Å². The molecule has 1 spiro atoms. The highest BCUT2D eigenvalue weighted by Gasteiger charge is 2.44. The highest BCUT2D eigenvalue weighted by Crippen LogP contribution is 2.47. The first-order valence-corrected chi connectivity index (χ1v) is 20.8. The number of benzene rings is 2. The molecule has 0 aromatic heterocycles. The Labute approximate surface area is 278 Å². The van der Waals surface area contributed by atoms with E-state index in [0.717, 1.165) is 68.1 Å². The lowest BCUT2D eigenvalue weighted by atomic mass is 9.66. The molecule has 0 saturated heterocycles. The lowest BCUT2D eigenvalue weighted by Crippen LogP contribution is -2.49. The summed E-state index contributed by atoms with van der Waals surface area (Å²) in [5, 5.41) is 4.21. The highest BCUT2D eigenvalue weighted by molar-refractivity contribution is 8.35. The maximum Gasteiger partial charge on any atom is 0.263 e. The van der Waals surface area contributed by atoms with Gasteiger partial charge in [0.1, 0.15) is 16.7 Å². The molecule has 4 aliphatic rings. The maximum atomic E-state index is 13.5. The van der Waals surface area contributed by atoms with E-state index >= 15 is 0 Å². The lowest BCUT2D eigenvalue weighted by Gasteiger charge is -2.45. The third kappa shape index (κ3) is 6.99. The molecule has 2 aliphatic carbocycles. The molecular formula is C37H47ClN2O3S2. The van der Waals surface area contributed by atoms with Gasteiger partial charge in [-0.25, -0.2) is 4.21 Å². The van der Waals surface area contributed by atoms with Crippen LogP contribution in [0.5, 0.6) is 5.75 Å². The summed E-state index contributed by atoms with van der Waals surface area (Å²) in [6.45, 7) is 6.34. The Bertz CT molecular complexity index is 1570. The third-order valence-electron chi connectivity index (χ3n) is 10.4. The number of nitrogens with one attached hydrogen (secondary N) is 1. The van der Waals surface area contributed by atoms with Crippen LogP contribution in [0.2, 0.25) is 5.02 Å². The van der Waals surface area contributed by atoms with Crippen molar-refractivity contribution in [3.8, 4) is 16.9 Å². The van der Waals surface area contributed by atoms with Gasteiger partial charge in [-0.05, 0) is 123 Å². The molecule has 6 rings (SSSR count). The number of ether oxygens (including phenoxy) is 1. The van der Waals surface area contributed by atoms with Crippen molar-refractivity contribution in [2.24, 2.45) is 23.7 Å². The number of hydrogen-bond donors (Lipinski definition) is 1. The van der Waals surface area contributed by atoms with Crippen molar-refractivity contribution in [2.75, 3.05) is 43.4 Å². The van der Waals surface area contributed by atoms with Gasteiger partial charge in [-0.2, -0.15) is 10.0 Å². The number of anilines is 1. The predicted octanol–water partition coefficient (Wildman–Crippen LogP) is 7.49. The van der Waals surface area contributed by atoms with Crippen LogP contribution in [-0.4, -0.2) is 53.8 Å². The molecule has 1 saturated carbocycles. The summed E-state index contributed by atoms with van der Waals surface area (Å²) < 4.78 is 22.8. The average Bonchev–Trinajstić information content (AvgIpc) is 3.13. The fourth-order valence-electron chi connectivity index (χ4n) is 7.46. The second kappa shape index (κ2) is 13.0. The highest BCUT2D eigenvalue weighted by atomic mass is 35.5. The van der Waals surface area contributed by atoms with Crippen LogP contribution >= 0.6 is 21.6 Å². The minimum absolute atomic E-state index is 0.148. The molecule has 1 fully saturated rings. The van der Waals surface area contributed by atoms with E-state index < -0.39 is 21.0 Å². The van der Waals surface area contributed by atoms with Gasteiger partial charge in [-0.15, -0.1) is 0 Å². The molecule has 2 heterocycles. The van der Waals surface area contributed by atoms with Crippen LogP contribution in [0.4, 0.5) is 5.69 Å². The molecule has 7 atom stereocenters. The van der Waals surface area contributed by atoms with E-state index in [4.69, 9.17) is 16.3 Å². The van der Waals surface area contributed by atoms with Crippen molar-refractivity contribution in [2.45, 2.75) is 63.0 Å². The van der Waals surface area contributed by atoms with Crippen molar-refractivity contribution in [1.82, 2.24) is 4.72 Å². The molecule has 8 heteroatoms. The molecular weight excluding hydrogens is 620 g/mol. The van der Waals surface area contributed by atoms with E-state index in [-0.39, 0.29) is 28.4 Å². The van der Waals surface area contributed by atoms with Crippen LogP contribution in [-0.2, 0) is 22.8 Å². The Hall–Kier alpha value is -2.40. The second-order valence-electron chi connectivity index (χ2n) is 14.5. The van der Waals surface area contributed by atoms with E-state index in [9.17, 15) is 9.00 Å². The number of aryl methyl sites for hydroxylation is 1. The van der Waals surface area contributed by atoms with Crippen LogP contribution in [0, 0.1) is 34.8 Å². The van der Waals surface area contributed by atoms with Gasteiger partial charge in [0.2, 0.25) is 0 Å². The third-order valence-corrected chi connectivity index (χ3v) is 12.9. The number of rotatable bonds is 0. The van der Waals surface area contributed by atoms with Crippen LogP contribution in [0.1, 0.15) is 67.4 Å². The van der Waals surface area contributed by atoms with Gasteiger partial charge < -0.3 is 9.64 Å². The SMILES string of the molecule is CC1C/C=C/C(C#CS(C)(C)C)C2CCC2CN2C[C@@]3(CCCc4cc(Cl)ccc43)COc3ccc(cc32)C(=O)NS(=O)C1C. The van der Waals surface area contributed by atoms with Crippen LogP contribution in [0.3, 0.4) is 0 Å². The molecule has 5 nitrogen and oxygen atoms in total. The lowest BCUT2D eigenvalue weighted by molar-refractivity contribution is 0.0982. The molecule has 6 unspecified atom stereocenters. The van der Waals surface area contributed by atoms with Gasteiger partial charge in [0.05, 0.1) is 17.5 Å². The van der Waals surface area contributed by atoms with E-state index in [0.29, 0.717) is 24.0 Å². The Kier molecular flexibility index (Phi) is 9.41. The quantitative estimate of drug-likeness (QED) is 0.234. The first kappa shape index (κ1) is 32.5. The average molecular weight is 667 g/mol. The molecule has 1 N–H and O–H groups in total. The fraction of sp³-hybridized carbons (Fsp3) is 0.541. The normalized spacial score (nSPS) is 32.8. The number of hydrogen-bond acceptors (Lipinski definition) is 4. The van der Waals surface area contributed by atoms with Crippen molar-refractivity contribution < 1.29 is 13.7 Å². The van der Waals surface area contributed by atoms with Gasteiger partial charge in [-0.1, -0.05) is 47.9 Å². The van der Waals surface area contributed by atoms with Crippen molar-refractivity contribution in [1.29, 1.82) is 0 Å². The maximum absolute atomic E-state index is 13.5. The van der Waals surface area contributed by atoms with Gasteiger partial charge >= 0.3 is 0 Å². The molecule has 2 aliphatic heterocycles. The predicted molar refractivity (Wildman–Crippen MR) is 191 cm³/mol. The Balaban J connectivity index is 1.42. The Morgan fingerprint density at radius 2 is 1.96 bits per heavy atom. The van der Waals surface area contributed by atoms with Crippen molar-refractivity contribution in [3.05, 3.63) is 70.3 Å². The summed E-state index contributed by atoms with van der Waals surface area (Å²) >= 11 is 6.46. The Morgan fingerprint density at radius 1 is 1.13 bits per heavy atom.